The molecule has 0 bridgehead atoms. The number of halogens is 1. The maximum atomic E-state index is 13.1. The first-order valence-corrected chi connectivity index (χ1v) is 8.27. The molecule has 0 saturated heterocycles. The molecule has 3 rings (SSSR count). The highest BCUT2D eigenvalue weighted by molar-refractivity contribution is 7.15. The standard InChI is InChI=1S/C18H15FN2O3S/c1-11-21-16(17(25-11)13-3-5-14(19)6-4-13)18(22)24-10-12-7-15(23-2)9-20-8-12/h3-9H,10H2,1-2H3. The van der Waals surface area contributed by atoms with Gasteiger partial charge in [-0.25, -0.2) is 14.2 Å². The monoisotopic (exact) mass is 358 g/mol. The largest absolute Gasteiger partial charge is 0.495 e. The van der Waals surface area contributed by atoms with Crippen molar-refractivity contribution in [2.45, 2.75) is 13.5 Å². The van der Waals surface area contributed by atoms with Crippen LogP contribution in [-0.4, -0.2) is 23.0 Å². The van der Waals surface area contributed by atoms with E-state index in [-0.39, 0.29) is 18.1 Å². The van der Waals surface area contributed by atoms with E-state index in [0.29, 0.717) is 16.2 Å². The molecule has 2 heterocycles. The summed E-state index contributed by atoms with van der Waals surface area (Å²) in [6.07, 6.45) is 3.17. The normalized spacial score (nSPS) is 10.5. The van der Waals surface area contributed by atoms with Crippen LogP contribution >= 0.6 is 11.3 Å². The summed E-state index contributed by atoms with van der Waals surface area (Å²) in [5.74, 6) is -0.281. The number of hydrogen-bond donors (Lipinski definition) is 0. The van der Waals surface area contributed by atoms with Gasteiger partial charge in [-0.15, -0.1) is 11.3 Å². The lowest BCUT2D eigenvalue weighted by molar-refractivity contribution is 0.0466. The van der Waals surface area contributed by atoms with Crippen LogP contribution in [0.2, 0.25) is 0 Å². The van der Waals surface area contributed by atoms with Crippen LogP contribution in [0.5, 0.6) is 5.75 Å². The third kappa shape index (κ3) is 4.00. The molecule has 5 nitrogen and oxygen atoms in total. The van der Waals surface area contributed by atoms with Gasteiger partial charge in [0.1, 0.15) is 18.2 Å². The third-order valence-electron chi connectivity index (χ3n) is 3.41. The molecule has 0 unspecified atom stereocenters. The molecule has 2 aromatic heterocycles. The van der Waals surface area contributed by atoms with Gasteiger partial charge in [-0.2, -0.15) is 0 Å². The van der Waals surface area contributed by atoms with Crippen molar-refractivity contribution in [2.24, 2.45) is 0 Å². The first-order valence-electron chi connectivity index (χ1n) is 7.45. The van der Waals surface area contributed by atoms with Crippen LogP contribution in [0.15, 0.2) is 42.7 Å². The van der Waals surface area contributed by atoms with Crippen molar-refractivity contribution < 1.29 is 18.7 Å². The van der Waals surface area contributed by atoms with E-state index in [0.717, 1.165) is 10.6 Å². The lowest BCUT2D eigenvalue weighted by Crippen LogP contribution is -2.07. The van der Waals surface area contributed by atoms with Gasteiger partial charge in [-0.05, 0) is 30.7 Å². The molecule has 25 heavy (non-hydrogen) atoms. The zero-order valence-electron chi connectivity index (χ0n) is 13.7. The van der Waals surface area contributed by atoms with Gasteiger partial charge in [0.05, 0.1) is 23.2 Å². The lowest BCUT2D eigenvalue weighted by Gasteiger charge is -2.06. The molecule has 0 spiro atoms. The summed E-state index contributed by atoms with van der Waals surface area (Å²) in [6, 6.07) is 7.67. The van der Waals surface area contributed by atoms with Crippen molar-refractivity contribution >= 4 is 17.3 Å². The summed E-state index contributed by atoms with van der Waals surface area (Å²) in [5, 5.41) is 0.731. The first-order chi connectivity index (χ1) is 12.1. The Morgan fingerprint density at radius 1 is 1.24 bits per heavy atom. The van der Waals surface area contributed by atoms with E-state index in [1.54, 1.807) is 44.6 Å². The number of esters is 1. The molecule has 3 aromatic rings. The number of benzene rings is 1. The van der Waals surface area contributed by atoms with Crippen LogP contribution in [0.1, 0.15) is 21.1 Å². The molecule has 128 valence electrons. The molecule has 0 aliphatic rings. The quantitative estimate of drug-likeness (QED) is 0.645. The summed E-state index contributed by atoms with van der Waals surface area (Å²) in [6.45, 7) is 1.86. The van der Waals surface area contributed by atoms with Crippen molar-refractivity contribution in [1.29, 1.82) is 0 Å². The van der Waals surface area contributed by atoms with E-state index >= 15 is 0 Å². The van der Waals surface area contributed by atoms with Crippen LogP contribution in [-0.2, 0) is 11.3 Å². The minimum atomic E-state index is -0.536. The van der Waals surface area contributed by atoms with Crippen LogP contribution in [0.25, 0.3) is 10.4 Å². The topological polar surface area (TPSA) is 61.3 Å². The number of aryl methyl sites for hydroxylation is 1. The second kappa shape index (κ2) is 7.40. The number of aromatic nitrogens is 2. The van der Waals surface area contributed by atoms with E-state index in [1.165, 1.54) is 23.5 Å². The number of pyridine rings is 1. The Labute approximate surface area is 148 Å². The highest BCUT2D eigenvalue weighted by Crippen LogP contribution is 2.31. The van der Waals surface area contributed by atoms with Crippen LogP contribution < -0.4 is 4.74 Å². The molecular weight excluding hydrogens is 343 g/mol. The van der Waals surface area contributed by atoms with Crippen LogP contribution in [0.4, 0.5) is 4.39 Å². The van der Waals surface area contributed by atoms with Crippen molar-refractivity contribution in [3.8, 4) is 16.2 Å². The number of thiazole rings is 1. The smallest absolute Gasteiger partial charge is 0.358 e. The van der Waals surface area contributed by atoms with Crippen molar-refractivity contribution in [3.05, 3.63) is 64.8 Å². The second-order valence-electron chi connectivity index (χ2n) is 5.23. The van der Waals surface area contributed by atoms with Crippen LogP contribution in [0.3, 0.4) is 0 Å². The van der Waals surface area contributed by atoms with Gasteiger partial charge in [-0.3, -0.25) is 4.98 Å². The Bertz CT molecular complexity index is 894. The van der Waals surface area contributed by atoms with Gasteiger partial charge in [-0.1, -0.05) is 12.1 Å². The predicted molar refractivity (Wildman–Crippen MR) is 92.2 cm³/mol. The average molecular weight is 358 g/mol. The van der Waals surface area contributed by atoms with Crippen LogP contribution in [0, 0.1) is 12.7 Å². The molecule has 0 atom stereocenters. The molecule has 0 N–H and O–H groups in total. The predicted octanol–water partition coefficient (Wildman–Crippen LogP) is 4.02. The molecule has 0 amide bonds. The second-order valence-corrected chi connectivity index (χ2v) is 6.43. The summed E-state index contributed by atoms with van der Waals surface area (Å²) < 4.78 is 23.6. The minimum Gasteiger partial charge on any atom is -0.495 e. The van der Waals surface area contributed by atoms with Gasteiger partial charge in [0.25, 0.3) is 0 Å². The molecule has 0 radical (unpaired) electrons. The maximum Gasteiger partial charge on any atom is 0.358 e. The number of rotatable bonds is 5. The zero-order chi connectivity index (χ0) is 17.8. The highest BCUT2D eigenvalue weighted by atomic mass is 32.1. The van der Waals surface area contributed by atoms with E-state index in [1.807, 2.05) is 0 Å². The Morgan fingerprint density at radius 2 is 2.00 bits per heavy atom. The van der Waals surface area contributed by atoms with Gasteiger partial charge in [0.2, 0.25) is 0 Å². The summed E-state index contributed by atoms with van der Waals surface area (Å²) in [7, 11) is 1.54. The molecule has 0 saturated carbocycles. The molecule has 0 fully saturated rings. The maximum absolute atomic E-state index is 13.1. The summed E-state index contributed by atoms with van der Waals surface area (Å²) >= 11 is 1.36. The van der Waals surface area contributed by atoms with E-state index in [2.05, 4.69) is 9.97 Å². The average Bonchev–Trinajstić information content (AvgIpc) is 3.02. The zero-order valence-corrected chi connectivity index (χ0v) is 14.5. The molecule has 0 aliphatic heterocycles. The Hall–Kier alpha value is -2.80. The van der Waals surface area contributed by atoms with Gasteiger partial charge in [0, 0.05) is 11.8 Å². The Kier molecular flexibility index (Phi) is 5.04. The number of carbonyl (C=O) groups excluding carboxylic acids is 1. The summed E-state index contributed by atoms with van der Waals surface area (Å²) in [5.41, 5.74) is 1.66. The lowest BCUT2D eigenvalue weighted by atomic mass is 10.1. The number of carbonyl (C=O) groups is 1. The van der Waals surface area contributed by atoms with E-state index in [4.69, 9.17) is 9.47 Å². The van der Waals surface area contributed by atoms with Gasteiger partial charge < -0.3 is 9.47 Å². The van der Waals surface area contributed by atoms with E-state index < -0.39 is 5.97 Å². The molecular formula is C18H15FN2O3S. The number of hydrogen-bond acceptors (Lipinski definition) is 6. The SMILES string of the molecule is COc1cncc(COC(=O)c2nc(C)sc2-c2ccc(F)cc2)c1. The molecule has 0 aliphatic carbocycles. The van der Waals surface area contributed by atoms with Crippen molar-refractivity contribution in [2.75, 3.05) is 7.11 Å². The Morgan fingerprint density at radius 3 is 2.72 bits per heavy atom. The summed E-state index contributed by atoms with van der Waals surface area (Å²) in [4.78, 5) is 21.4. The first kappa shape index (κ1) is 17.0. The fourth-order valence-corrected chi connectivity index (χ4v) is 3.15. The molecule has 7 heteroatoms. The third-order valence-corrected chi connectivity index (χ3v) is 4.43. The van der Waals surface area contributed by atoms with Gasteiger partial charge >= 0.3 is 5.97 Å². The Balaban J connectivity index is 1.79. The minimum absolute atomic E-state index is 0.0580. The highest BCUT2D eigenvalue weighted by Gasteiger charge is 2.20. The number of nitrogens with zero attached hydrogens (tertiary/aromatic N) is 2. The fourth-order valence-electron chi connectivity index (χ4n) is 2.23. The number of methoxy groups -OCH3 is 1. The fraction of sp³-hybridized carbons (Fsp3) is 0.167. The molecule has 1 aromatic carbocycles. The van der Waals surface area contributed by atoms with Gasteiger partial charge in [0.15, 0.2) is 5.69 Å². The number of ether oxygens (including phenoxy) is 2. The van der Waals surface area contributed by atoms with Crippen molar-refractivity contribution in [1.82, 2.24) is 9.97 Å². The van der Waals surface area contributed by atoms with E-state index in [9.17, 15) is 9.18 Å². The van der Waals surface area contributed by atoms with Crippen molar-refractivity contribution in [3.63, 3.8) is 0 Å².